The van der Waals surface area contributed by atoms with Crippen molar-refractivity contribution in [3.8, 4) is 6.07 Å². The minimum Gasteiger partial charge on any atom is -0.381 e. The Hall–Kier alpha value is -1.86. The lowest BCUT2D eigenvalue weighted by molar-refractivity contribution is 1.12. The Morgan fingerprint density at radius 2 is 2.00 bits per heavy atom. The van der Waals surface area contributed by atoms with Crippen molar-refractivity contribution in [1.29, 1.82) is 5.26 Å². The summed E-state index contributed by atoms with van der Waals surface area (Å²) in [4.78, 5) is 3.93. The lowest BCUT2D eigenvalue weighted by Gasteiger charge is -2.06. The van der Waals surface area contributed by atoms with Gasteiger partial charge in [-0.05, 0) is 42.0 Å². The van der Waals surface area contributed by atoms with Gasteiger partial charge in [0, 0.05) is 22.9 Å². The SMILES string of the molecule is N#Cc1cc(CNc2ccc(Br)cc2)ccn1. The number of nitrogens with one attached hydrogen (secondary N) is 1. The first-order valence-electron chi connectivity index (χ1n) is 5.12. The highest BCUT2D eigenvalue weighted by Gasteiger charge is 1.97. The van der Waals surface area contributed by atoms with Crippen molar-refractivity contribution in [2.75, 3.05) is 5.32 Å². The van der Waals surface area contributed by atoms with Crippen molar-refractivity contribution in [1.82, 2.24) is 4.98 Å². The van der Waals surface area contributed by atoms with Gasteiger partial charge in [-0.1, -0.05) is 15.9 Å². The standard InChI is InChI=1S/C13H10BrN3/c14-11-1-3-12(4-2-11)17-9-10-5-6-16-13(7-10)8-15/h1-7,17H,9H2. The molecule has 0 bridgehead atoms. The van der Waals surface area contributed by atoms with Gasteiger partial charge >= 0.3 is 0 Å². The number of hydrogen-bond donors (Lipinski definition) is 1. The van der Waals surface area contributed by atoms with E-state index < -0.39 is 0 Å². The molecule has 84 valence electrons. The molecule has 0 amide bonds. The Morgan fingerprint density at radius 1 is 1.24 bits per heavy atom. The maximum atomic E-state index is 8.74. The number of nitrogens with zero attached hydrogens (tertiary/aromatic N) is 2. The summed E-state index contributed by atoms with van der Waals surface area (Å²) in [7, 11) is 0. The lowest BCUT2D eigenvalue weighted by Crippen LogP contribution is -1.99. The Morgan fingerprint density at radius 3 is 2.71 bits per heavy atom. The smallest absolute Gasteiger partial charge is 0.140 e. The fourth-order valence-corrected chi connectivity index (χ4v) is 1.68. The molecule has 4 heteroatoms. The second kappa shape index (κ2) is 5.46. The van der Waals surface area contributed by atoms with E-state index in [4.69, 9.17) is 5.26 Å². The van der Waals surface area contributed by atoms with Gasteiger partial charge in [0.15, 0.2) is 0 Å². The van der Waals surface area contributed by atoms with Crippen LogP contribution in [-0.4, -0.2) is 4.98 Å². The first-order valence-corrected chi connectivity index (χ1v) is 5.92. The maximum Gasteiger partial charge on any atom is 0.140 e. The van der Waals surface area contributed by atoms with Crippen LogP contribution in [0.2, 0.25) is 0 Å². The summed E-state index contributed by atoms with van der Waals surface area (Å²) < 4.78 is 1.05. The fourth-order valence-electron chi connectivity index (χ4n) is 1.42. The number of anilines is 1. The Balaban J connectivity index is 2.02. The van der Waals surface area contributed by atoms with Crippen molar-refractivity contribution in [3.05, 3.63) is 58.3 Å². The molecule has 0 radical (unpaired) electrons. The third kappa shape index (κ3) is 3.30. The largest absolute Gasteiger partial charge is 0.381 e. The first-order chi connectivity index (χ1) is 8.28. The third-order valence-corrected chi connectivity index (χ3v) is 2.81. The van der Waals surface area contributed by atoms with Crippen LogP contribution in [0.4, 0.5) is 5.69 Å². The topological polar surface area (TPSA) is 48.7 Å². The van der Waals surface area contributed by atoms with Crippen LogP contribution in [0.5, 0.6) is 0 Å². The van der Waals surface area contributed by atoms with Crippen LogP contribution >= 0.6 is 15.9 Å². The van der Waals surface area contributed by atoms with E-state index in [9.17, 15) is 0 Å². The number of rotatable bonds is 3. The number of aromatic nitrogens is 1. The molecule has 1 aromatic carbocycles. The van der Waals surface area contributed by atoms with Gasteiger partial charge in [0.1, 0.15) is 11.8 Å². The highest BCUT2D eigenvalue weighted by Crippen LogP contribution is 2.15. The summed E-state index contributed by atoms with van der Waals surface area (Å²) >= 11 is 3.39. The average molecular weight is 288 g/mol. The van der Waals surface area contributed by atoms with Crippen molar-refractivity contribution in [2.24, 2.45) is 0 Å². The third-order valence-electron chi connectivity index (χ3n) is 2.28. The monoisotopic (exact) mass is 287 g/mol. The molecule has 0 spiro atoms. The van der Waals surface area contributed by atoms with Crippen LogP contribution in [0.1, 0.15) is 11.3 Å². The molecule has 0 aliphatic rings. The molecule has 2 rings (SSSR count). The van der Waals surface area contributed by atoms with E-state index in [1.54, 1.807) is 12.3 Å². The van der Waals surface area contributed by atoms with Crippen molar-refractivity contribution >= 4 is 21.6 Å². The molecular weight excluding hydrogens is 278 g/mol. The Kier molecular flexibility index (Phi) is 3.73. The van der Waals surface area contributed by atoms with E-state index in [0.29, 0.717) is 12.2 Å². The molecule has 1 heterocycles. The van der Waals surface area contributed by atoms with Gasteiger partial charge in [-0.3, -0.25) is 0 Å². The summed E-state index contributed by atoms with van der Waals surface area (Å²) in [6, 6.07) is 13.7. The maximum absolute atomic E-state index is 8.74. The number of benzene rings is 1. The van der Waals surface area contributed by atoms with E-state index in [1.807, 2.05) is 36.4 Å². The molecule has 1 aromatic heterocycles. The van der Waals surface area contributed by atoms with E-state index in [-0.39, 0.29) is 0 Å². The van der Waals surface area contributed by atoms with E-state index in [2.05, 4.69) is 26.2 Å². The van der Waals surface area contributed by atoms with Crippen molar-refractivity contribution in [2.45, 2.75) is 6.54 Å². The predicted octanol–water partition coefficient (Wildman–Crippen LogP) is 3.33. The lowest BCUT2D eigenvalue weighted by atomic mass is 10.2. The molecule has 0 aliphatic heterocycles. The van der Waals surface area contributed by atoms with Gasteiger partial charge in [0.05, 0.1) is 0 Å². The van der Waals surface area contributed by atoms with Gasteiger partial charge in [-0.2, -0.15) is 5.26 Å². The number of halogens is 1. The second-order valence-corrected chi connectivity index (χ2v) is 4.44. The van der Waals surface area contributed by atoms with Gasteiger partial charge in [-0.15, -0.1) is 0 Å². The molecule has 1 N–H and O–H groups in total. The summed E-state index contributed by atoms with van der Waals surface area (Å²) in [5, 5.41) is 12.0. The molecule has 0 saturated heterocycles. The van der Waals surface area contributed by atoms with E-state index >= 15 is 0 Å². The number of nitriles is 1. The molecule has 0 unspecified atom stereocenters. The quantitative estimate of drug-likeness (QED) is 0.942. The zero-order valence-electron chi connectivity index (χ0n) is 9.02. The predicted molar refractivity (Wildman–Crippen MR) is 70.4 cm³/mol. The van der Waals surface area contributed by atoms with Gasteiger partial charge in [-0.25, -0.2) is 4.98 Å². The van der Waals surface area contributed by atoms with Gasteiger partial charge in [0.2, 0.25) is 0 Å². The van der Waals surface area contributed by atoms with Crippen LogP contribution in [-0.2, 0) is 6.54 Å². The molecule has 2 aromatic rings. The highest BCUT2D eigenvalue weighted by molar-refractivity contribution is 9.10. The van der Waals surface area contributed by atoms with E-state index in [1.165, 1.54) is 0 Å². The van der Waals surface area contributed by atoms with Crippen molar-refractivity contribution < 1.29 is 0 Å². The van der Waals surface area contributed by atoms with Gasteiger partial charge in [0.25, 0.3) is 0 Å². The van der Waals surface area contributed by atoms with Crippen LogP contribution in [0.25, 0.3) is 0 Å². The summed E-state index contributed by atoms with van der Waals surface area (Å²) in [5.41, 5.74) is 2.53. The average Bonchev–Trinajstić information content (AvgIpc) is 2.38. The summed E-state index contributed by atoms with van der Waals surface area (Å²) in [6.07, 6.45) is 1.65. The van der Waals surface area contributed by atoms with Crippen molar-refractivity contribution in [3.63, 3.8) is 0 Å². The summed E-state index contributed by atoms with van der Waals surface area (Å²) in [5.74, 6) is 0. The molecule has 0 aliphatic carbocycles. The molecule has 0 atom stereocenters. The highest BCUT2D eigenvalue weighted by atomic mass is 79.9. The fraction of sp³-hybridized carbons (Fsp3) is 0.0769. The number of hydrogen-bond acceptors (Lipinski definition) is 3. The molecule has 0 saturated carbocycles. The zero-order chi connectivity index (χ0) is 12.1. The Labute approximate surface area is 108 Å². The molecule has 0 fully saturated rings. The number of pyridine rings is 1. The summed E-state index contributed by atoms with van der Waals surface area (Å²) in [6.45, 7) is 0.679. The van der Waals surface area contributed by atoms with Gasteiger partial charge < -0.3 is 5.32 Å². The first kappa shape index (κ1) is 11.6. The van der Waals surface area contributed by atoms with Crippen LogP contribution in [0, 0.1) is 11.3 Å². The second-order valence-electron chi connectivity index (χ2n) is 3.52. The zero-order valence-corrected chi connectivity index (χ0v) is 10.6. The molecule has 17 heavy (non-hydrogen) atoms. The minimum atomic E-state index is 0.445. The Bertz CT molecular complexity index is 543. The molecule has 3 nitrogen and oxygen atoms in total. The normalized spacial score (nSPS) is 9.65. The van der Waals surface area contributed by atoms with Crippen LogP contribution in [0.15, 0.2) is 47.1 Å². The van der Waals surface area contributed by atoms with E-state index in [0.717, 1.165) is 15.7 Å². The van der Waals surface area contributed by atoms with Crippen LogP contribution in [0.3, 0.4) is 0 Å². The molecular formula is C13H10BrN3. The van der Waals surface area contributed by atoms with Crippen LogP contribution < -0.4 is 5.32 Å². The minimum absolute atomic E-state index is 0.445.